The monoisotopic (exact) mass is 275 g/mol. The molecule has 1 aromatic rings. The number of hydrogen-bond acceptors (Lipinski definition) is 3. The number of nitrogens with one attached hydrogen (secondary N) is 1. The maximum atomic E-state index is 12.2. The fourth-order valence-corrected chi connectivity index (χ4v) is 2.80. The first-order chi connectivity index (χ1) is 9.47. The zero-order chi connectivity index (χ0) is 14.8. The second kappa shape index (κ2) is 5.73. The van der Waals surface area contributed by atoms with Crippen LogP contribution in [0.2, 0.25) is 0 Å². The molecule has 0 aromatic heterocycles. The zero-order valence-electron chi connectivity index (χ0n) is 12.7. The third-order valence-electron chi connectivity index (χ3n) is 4.56. The summed E-state index contributed by atoms with van der Waals surface area (Å²) in [6.45, 7) is 2.98. The molecule has 0 aliphatic heterocycles. The summed E-state index contributed by atoms with van der Waals surface area (Å²) in [5.41, 5.74) is 8.53. The molecule has 1 amide bonds. The van der Waals surface area contributed by atoms with Gasteiger partial charge in [-0.3, -0.25) is 4.79 Å². The lowest BCUT2D eigenvalue weighted by molar-refractivity contribution is 0.0850. The maximum absolute atomic E-state index is 12.2. The molecule has 4 heteroatoms. The molecule has 4 nitrogen and oxygen atoms in total. The molecule has 1 fully saturated rings. The Labute approximate surface area is 121 Å². The highest BCUT2D eigenvalue weighted by Crippen LogP contribution is 2.43. The number of rotatable bonds is 5. The van der Waals surface area contributed by atoms with Crippen molar-refractivity contribution in [3.63, 3.8) is 0 Å². The minimum absolute atomic E-state index is 0.0262. The van der Waals surface area contributed by atoms with E-state index in [0.717, 1.165) is 18.7 Å². The molecule has 110 valence electrons. The van der Waals surface area contributed by atoms with Crippen LogP contribution in [0.4, 0.5) is 11.4 Å². The standard InChI is InChI=1S/C16H25N3O/c1-4-16(8-5-9-16)11-18-15(20)12-6-7-14(19(2)3)13(17)10-12/h6-7,10H,4-5,8-9,11,17H2,1-3H3,(H,18,20). The van der Waals surface area contributed by atoms with Gasteiger partial charge in [0.15, 0.2) is 0 Å². The molecule has 0 heterocycles. The third-order valence-corrected chi connectivity index (χ3v) is 4.56. The van der Waals surface area contributed by atoms with Crippen LogP contribution in [0, 0.1) is 5.41 Å². The molecule has 1 aromatic carbocycles. The van der Waals surface area contributed by atoms with Crippen LogP contribution in [0.25, 0.3) is 0 Å². The molecule has 0 spiro atoms. The van der Waals surface area contributed by atoms with Gasteiger partial charge in [0.1, 0.15) is 0 Å². The van der Waals surface area contributed by atoms with Crippen molar-refractivity contribution < 1.29 is 4.79 Å². The molecule has 1 saturated carbocycles. The van der Waals surface area contributed by atoms with E-state index in [9.17, 15) is 4.79 Å². The van der Waals surface area contributed by atoms with Crippen LogP contribution in [0.1, 0.15) is 43.0 Å². The van der Waals surface area contributed by atoms with Gasteiger partial charge in [0.05, 0.1) is 11.4 Å². The molecule has 0 unspecified atom stereocenters. The summed E-state index contributed by atoms with van der Waals surface area (Å²) in [5.74, 6) is -0.0262. The quantitative estimate of drug-likeness (QED) is 0.812. The first-order valence-corrected chi connectivity index (χ1v) is 7.32. The van der Waals surface area contributed by atoms with Crippen molar-refractivity contribution in [2.24, 2.45) is 5.41 Å². The van der Waals surface area contributed by atoms with Gasteiger partial charge in [-0.05, 0) is 42.9 Å². The maximum Gasteiger partial charge on any atom is 0.251 e. The Hall–Kier alpha value is -1.71. The summed E-state index contributed by atoms with van der Waals surface area (Å²) in [5, 5.41) is 3.06. The number of nitrogens with two attached hydrogens (primary N) is 1. The number of carbonyl (C=O) groups is 1. The van der Waals surface area contributed by atoms with E-state index in [-0.39, 0.29) is 5.91 Å². The third kappa shape index (κ3) is 2.89. The fourth-order valence-electron chi connectivity index (χ4n) is 2.80. The van der Waals surface area contributed by atoms with Crippen LogP contribution in [0.15, 0.2) is 18.2 Å². The highest BCUT2D eigenvalue weighted by atomic mass is 16.1. The van der Waals surface area contributed by atoms with E-state index < -0.39 is 0 Å². The van der Waals surface area contributed by atoms with Gasteiger partial charge >= 0.3 is 0 Å². The molecule has 20 heavy (non-hydrogen) atoms. The fraction of sp³-hybridized carbons (Fsp3) is 0.562. The topological polar surface area (TPSA) is 58.4 Å². The lowest BCUT2D eigenvalue weighted by atomic mass is 9.67. The van der Waals surface area contributed by atoms with Crippen LogP contribution in [-0.2, 0) is 0 Å². The lowest BCUT2D eigenvalue weighted by Gasteiger charge is -2.41. The number of carbonyl (C=O) groups excluding carboxylic acids is 1. The lowest BCUT2D eigenvalue weighted by Crippen LogP contribution is -2.41. The van der Waals surface area contributed by atoms with Gasteiger partial charge in [0.25, 0.3) is 5.91 Å². The molecule has 0 saturated heterocycles. The largest absolute Gasteiger partial charge is 0.397 e. The summed E-state index contributed by atoms with van der Waals surface area (Å²) in [6.07, 6.45) is 4.88. The van der Waals surface area contributed by atoms with E-state index in [2.05, 4.69) is 12.2 Å². The SMILES string of the molecule is CCC1(CNC(=O)c2ccc(N(C)C)c(N)c2)CCC1. The average molecular weight is 275 g/mol. The van der Waals surface area contributed by atoms with E-state index in [1.54, 1.807) is 6.07 Å². The van der Waals surface area contributed by atoms with Crippen molar-refractivity contribution in [3.8, 4) is 0 Å². The van der Waals surface area contributed by atoms with E-state index in [4.69, 9.17) is 5.73 Å². The van der Waals surface area contributed by atoms with Gasteiger partial charge in [-0.25, -0.2) is 0 Å². The van der Waals surface area contributed by atoms with Crippen LogP contribution >= 0.6 is 0 Å². The minimum Gasteiger partial charge on any atom is -0.397 e. The first kappa shape index (κ1) is 14.7. The predicted molar refractivity (Wildman–Crippen MR) is 84.1 cm³/mol. The summed E-state index contributed by atoms with van der Waals surface area (Å²) >= 11 is 0. The van der Waals surface area contributed by atoms with Crippen molar-refractivity contribution in [2.45, 2.75) is 32.6 Å². The summed E-state index contributed by atoms with van der Waals surface area (Å²) in [6, 6.07) is 5.48. The smallest absolute Gasteiger partial charge is 0.251 e. The highest BCUT2D eigenvalue weighted by Gasteiger charge is 2.35. The normalized spacial score (nSPS) is 16.4. The van der Waals surface area contributed by atoms with Crippen LogP contribution in [0.3, 0.4) is 0 Å². The molecule has 1 aliphatic carbocycles. The minimum atomic E-state index is -0.0262. The van der Waals surface area contributed by atoms with E-state index in [0.29, 0.717) is 16.7 Å². The van der Waals surface area contributed by atoms with E-state index >= 15 is 0 Å². The average Bonchev–Trinajstić information content (AvgIpc) is 2.37. The summed E-state index contributed by atoms with van der Waals surface area (Å²) < 4.78 is 0. The second-order valence-corrected chi connectivity index (χ2v) is 6.06. The number of amides is 1. The van der Waals surface area contributed by atoms with E-state index in [1.807, 2.05) is 31.1 Å². The van der Waals surface area contributed by atoms with Crippen molar-refractivity contribution >= 4 is 17.3 Å². The second-order valence-electron chi connectivity index (χ2n) is 6.06. The zero-order valence-corrected chi connectivity index (χ0v) is 12.7. The Balaban J connectivity index is 2.01. The number of nitrogen functional groups attached to an aromatic ring is 1. The van der Waals surface area contributed by atoms with Crippen molar-refractivity contribution in [1.29, 1.82) is 0 Å². The van der Waals surface area contributed by atoms with Crippen molar-refractivity contribution in [1.82, 2.24) is 5.32 Å². The molecule has 3 N–H and O–H groups in total. The molecule has 1 aliphatic rings. The molecule has 2 rings (SSSR count). The van der Waals surface area contributed by atoms with Crippen molar-refractivity contribution in [2.75, 3.05) is 31.3 Å². The van der Waals surface area contributed by atoms with Crippen LogP contribution in [0.5, 0.6) is 0 Å². The Morgan fingerprint density at radius 2 is 2.10 bits per heavy atom. The van der Waals surface area contributed by atoms with Gasteiger partial charge < -0.3 is 16.0 Å². The first-order valence-electron chi connectivity index (χ1n) is 7.32. The van der Waals surface area contributed by atoms with E-state index in [1.165, 1.54) is 19.3 Å². The molecule has 0 radical (unpaired) electrons. The Bertz CT molecular complexity index is 487. The Morgan fingerprint density at radius 3 is 2.55 bits per heavy atom. The van der Waals surface area contributed by atoms with Crippen LogP contribution in [-0.4, -0.2) is 26.5 Å². The molecular weight excluding hydrogens is 250 g/mol. The predicted octanol–water partition coefficient (Wildman–Crippen LogP) is 2.64. The Kier molecular flexibility index (Phi) is 4.21. The number of anilines is 2. The summed E-state index contributed by atoms with van der Waals surface area (Å²) in [4.78, 5) is 14.1. The van der Waals surface area contributed by atoms with Gasteiger partial charge in [-0.2, -0.15) is 0 Å². The summed E-state index contributed by atoms with van der Waals surface area (Å²) in [7, 11) is 3.88. The molecule has 0 bridgehead atoms. The van der Waals surface area contributed by atoms with Gasteiger partial charge in [0, 0.05) is 26.2 Å². The Morgan fingerprint density at radius 1 is 1.40 bits per heavy atom. The van der Waals surface area contributed by atoms with Crippen molar-refractivity contribution in [3.05, 3.63) is 23.8 Å². The van der Waals surface area contributed by atoms with Gasteiger partial charge in [-0.15, -0.1) is 0 Å². The highest BCUT2D eigenvalue weighted by molar-refractivity contribution is 5.96. The van der Waals surface area contributed by atoms with Gasteiger partial charge in [-0.1, -0.05) is 13.3 Å². The van der Waals surface area contributed by atoms with Gasteiger partial charge in [0.2, 0.25) is 0 Å². The number of nitrogens with zero attached hydrogens (tertiary/aromatic N) is 1. The van der Waals surface area contributed by atoms with Crippen LogP contribution < -0.4 is 16.0 Å². The number of hydrogen-bond donors (Lipinski definition) is 2. The number of benzene rings is 1. The molecular formula is C16H25N3O. The molecule has 0 atom stereocenters.